The molecular weight excluding hydrogens is 663 g/mol. The molecule has 1 unspecified atom stereocenters. The van der Waals surface area contributed by atoms with Crippen molar-refractivity contribution in [3.05, 3.63) is 125 Å². The fourth-order valence-electron chi connectivity index (χ4n) is 8.99. The number of carbonyl (C=O) groups excluding carboxylic acids is 3. The minimum Gasteiger partial charge on any atom is -0.508 e. The Kier molecular flexibility index (Phi) is 10.2. The van der Waals surface area contributed by atoms with Gasteiger partial charge < -0.3 is 20.2 Å². The van der Waals surface area contributed by atoms with Gasteiger partial charge in [0.25, 0.3) is 5.91 Å². The molecule has 3 aliphatic heterocycles. The molecule has 3 amide bonds. The lowest BCUT2D eigenvalue weighted by Crippen LogP contribution is -2.52. The van der Waals surface area contributed by atoms with Crippen LogP contribution in [0, 0.1) is 5.92 Å². The molecule has 3 atom stereocenters. The third-order valence-electron chi connectivity index (χ3n) is 12.0. The Bertz CT molecular complexity index is 1920. The summed E-state index contributed by atoms with van der Waals surface area (Å²) in [5.41, 5.74) is 8.23. The monoisotopic (exact) mass is 711 g/mol. The van der Waals surface area contributed by atoms with Gasteiger partial charge in [-0.25, -0.2) is 0 Å². The number of piperazine rings is 1. The van der Waals surface area contributed by atoms with Crippen LogP contribution in [0.25, 0.3) is 0 Å². The molecule has 274 valence electrons. The minimum absolute atomic E-state index is 0.234. The molecule has 4 aromatic rings. The van der Waals surface area contributed by atoms with Gasteiger partial charge in [0.15, 0.2) is 0 Å². The van der Waals surface area contributed by atoms with Gasteiger partial charge >= 0.3 is 0 Å². The van der Waals surface area contributed by atoms with Crippen LogP contribution in [-0.2, 0) is 16.0 Å². The summed E-state index contributed by atoms with van der Waals surface area (Å²) >= 11 is 0. The molecule has 8 rings (SSSR count). The van der Waals surface area contributed by atoms with Crippen LogP contribution in [0.3, 0.4) is 0 Å². The van der Waals surface area contributed by atoms with Crippen LogP contribution in [-0.4, -0.2) is 79.6 Å². The first-order valence-electron chi connectivity index (χ1n) is 19.3. The van der Waals surface area contributed by atoms with Crippen molar-refractivity contribution in [2.75, 3.05) is 55.6 Å². The van der Waals surface area contributed by atoms with E-state index in [4.69, 9.17) is 0 Å². The summed E-state index contributed by atoms with van der Waals surface area (Å²) in [6.45, 7) is 7.32. The van der Waals surface area contributed by atoms with Gasteiger partial charge in [-0.3, -0.25) is 24.6 Å². The number of carbonyl (C=O) groups is 3. The lowest BCUT2D eigenvalue weighted by Gasteiger charge is -2.40. The van der Waals surface area contributed by atoms with Crippen LogP contribution in [0.5, 0.6) is 5.75 Å². The van der Waals surface area contributed by atoms with Crippen LogP contribution in [0.1, 0.15) is 76.6 Å². The maximum Gasteiger partial charge on any atom is 0.251 e. The lowest BCUT2D eigenvalue weighted by atomic mass is 9.69. The molecule has 4 aromatic carbocycles. The van der Waals surface area contributed by atoms with Crippen molar-refractivity contribution in [1.82, 2.24) is 15.5 Å². The zero-order valence-corrected chi connectivity index (χ0v) is 30.3. The highest BCUT2D eigenvalue weighted by Gasteiger charge is 2.33. The predicted octanol–water partition coefficient (Wildman–Crippen LogP) is 5.83. The van der Waals surface area contributed by atoms with E-state index in [-0.39, 0.29) is 24.2 Å². The van der Waals surface area contributed by atoms with Crippen molar-refractivity contribution in [2.45, 2.75) is 56.4 Å². The number of anilines is 2. The molecule has 0 bridgehead atoms. The number of hydrogen-bond acceptors (Lipinski definition) is 7. The van der Waals surface area contributed by atoms with Crippen molar-refractivity contribution in [2.24, 2.45) is 5.92 Å². The minimum atomic E-state index is -0.675. The van der Waals surface area contributed by atoms with Crippen LogP contribution in [0.4, 0.5) is 11.4 Å². The van der Waals surface area contributed by atoms with Crippen molar-refractivity contribution < 1.29 is 19.5 Å². The Morgan fingerprint density at radius 3 is 2.09 bits per heavy atom. The number of phenolic OH excluding ortho intramolecular Hbond substituents is 1. The number of amides is 3. The number of nitrogens with one attached hydrogen (secondary N) is 2. The lowest BCUT2D eigenvalue weighted by molar-refractivity contribution is -0.134. The summed E-state index contributed by atoms with van der Waals surface area (Å²) in [4.78, 5) is 43.7. The van der Waals surface area contributed by atoms with E-state index in [0.717, 1.165) is 77.2 Å². The third-order valence-corrected chi connectivity index (χ3v) is 12.0. The highest BCUT2D eigenvalue weighted by atomic mass is 16.3. The van der Waals surface area contributed by atoms with E-state index in [2.05, 4.69) is 86.0 Å². The summed E-state index contributed by atoms with van der Waals surface area (Å²) in [5, 5.41) is 15.2. The van der Waals surface area contributed by atoms with Crippen LogP contribution in [0.2, 0.25) is 0 Å². The molecule has 3 N–H and O–H groups in total. The molecule has 53 heavy (non-hydrogen) atoms. The second-order valence-electron chi connectivity index (χ2n) is 15.3. The van der Waals surface area contributed by atoms with Gasteiger partial charge in [-0.15, -0.1) is 0 Å². The summed E-state index contributed by atoms with van der Waals surface area (Å²) in [7, 11) is 0. The first-order valence-corrected chi connectivity index (χ1v) is 19.3. The van der Waals surface area contributed by atoms with Crippen molar-refractivity contribution >= 4 is 29.1 Å². The smallest absolute Gasteiger partial charge is 0.251 e. The van der Waals surface area contributed by atoms with E-state index in [1.807, 2.05) is 36.4 Å². The first kappa shape index (κ1) is 34.9. The average molecular weight is 712 g/mol. The molecule has 9 heteroatoms. The van der Waals surface area contributed by atoms with Crippen LogP contribution >= 0.6 is 0 Å². The van der Waals surface area contributed by atoms with Gasteiger partial charge in [0.2, 0.25) is 11.8 Å². The zero-order chi connectivity index (χ0) is 36.3. The van der Waals surface area contributed by atoms with Crippen molar-refractivity contribution in [3.63, 3.8) is 0 Å². The predicted molar refractivity (Wildman–Crippen MR) is 208 cm³/mol. The Morgan fingerprint density at radius 1 is 0.717 bits per heavy atom. The summed E-state index contributed by atoms with van der Waals surface area (Å²) in [6, 6.07) is 33.1. The molecule has 0 spiro atoms. The number of aryl methyl sites for hydroxylation is 1. The fraction of sp³-hybridized carbons (Fsp3) is 0.386. The first-order chi connectivity index (χ1) is 25.9. The standard InChI is InChI=1S/C44H49N5O4/c50-37-15-17-39-34(28-37)10-16-38(31-4-2-1-3-5-31)42(39)32-6-11-36(12-7-32)49-26-24-47(25-27-49)29-30-20-22-48(23-21-30)35-13-8-33(9-14-35)43(52)45-40-18-19-41(51)46-44(40)53/h1-9,11-15,17,28,30,38,40,42,50H,10,16,18-27,29H2,(H,45,52)(H,46,51,53)/t38-,40?,42+/m1/s1. The van der Waals surface area contributed by atoms with E-state index >= 15 is 0 Å². The molecule has 3 fully saturated rings. The molecule has 1 aliphatic carbocycles. The molecular formula is C44H49N5O4. The molecule has 9 nitrogen and oxygen atoms in total. The van der Waals surface area contributed by atoms with E-state index in [9.17, 15) is 19.5 Å². The molecule has 0 saturated carbocycles. The Morgan fingerprint density at radius 2 is 1.40 bits per heavy atom. The average Bonchev–Trinajstić information content (AvgIpc) is 3.19. The second-order valence-corrected chi connectivity index (χ2v) is 15.3. The van der Waals surface area contributed by atoms with Gasteiger partial charge in [-0.05, 0) is 115 Å². The molecule has 0 aromatic heterocycles. The fourth-order valence-corrected chi connectivity index (χ4v) is 8.99. The van der Waals surface area contributed by atoms with Crippen molar-refractivity contribution in [3.8, 4) is 5.75 Å². The van der Waals surface area contributed by atoms with E-state index in [1.165, 1.54) is 27.9 Å². The topological polar surface area (TPSA) is 105 Å². The Balaban J connectivity index is 0.818. The normalized spacial score (nSPS) is 22.6. The molecule has 3 heterocycles. The number of fused-ring (bicyclic) bond motifs is 1. The molecule has 4 aliphatic rings. The van der Waals surface area contributed by atoms with Crippen LogP contribution in [0.15, 0.2) is 97.1 Å². The summed E-state index contributed by atoms with van der Waals surface area (Å²) in [5.74, 6) is 0.655. The number of aromatic hydroxyl groups is 1. The highest BCUT2D eigenvalue weighted by molar-refractivity contribution is 6.03. The van der Waals surface area contributed by atoms with E-state index < -0.39 is 11.9 Å². The number of hydrogen-bond donors (Lipinski definition) is 3. The highest BCUT2D eigenvalue weighted by Crippen LogP contribution is 2.47. The number of phenols is 1. The van der Waals surface area contributed by atoms with E-state index in [0.29, 0.717) is 29.6 Å². The number of rotatable bonds is 8. The van der Waals surface area contributed by atoms with Crippen LogP contribution < -0.4 is 20.4 Å². The van der Waals surface area contributed by atoms with Gasteiger partial charge in [-0.2, -0.15) is 0 Å². The Hall–Kier alpha value is -5.15. The number of imide groups is 1. The maximum absolute atomic E-state index is 12.7. The largest absolute Gasteiger partial charge is 0.508 e. The number of nitrogens with zero attached hydrogens (tertiary/aromatic N) is 3. The van der Waals surface area contributed by atoms with Gasteiger partial charge in [0.1, 0.15) is 11.8 Å². The molecule has 3 saturated heterocycles. The third kappa shape index (κ3) is 7.81. The van der Waals surface area contributed by atoms with Gasteiger partial charge in [0.05, 0.1) is 0 Å². The second kappa shape index (κ2) is 15.4. The van der Waals surface area contributed by atoms with Gasteiger partial charge in [0, 0.05) is 75.1 Å². The summed E-state index contributed by atoms with van der Waals surface area (Å²) in [6.07, 6.45) is 4.90. The summed E-state index contributed by atoms with van der Waals surface area (Å²) < 4.78 is 0. The quantitative estimate of drug-likeness (QED) is 0.198. The zero-order valence-electron chi connectivity index (χ0n) is 30.3. The number of benzene rings is 4. The van der Waals surface area contributed by atoms with E-state index in [1.54, 1.807) is 0 Å². The SMILES string of the molecule is O=C1CCC(NC(=O)c2ccc(N3CCC(CN4CCN(c5ccc([C@@H]6c7ccc(O)cc7CC[C@@H]6c6ccccc6)cc5)CC4)CC3)cc2)C(=O)N1. The number of piperidine rings is 2. The Labute approximate surface area is 312 Å². The maximum atomic E-state index is 12.7. The van der Waals surface area contributed by atoms with Crippen molar-refractivity contribution in [1.29, 1.82) is 0 Å². The molecule has 0 radical (unpaired) electrons. The van der Waals surface area contributed by atoms with Gasteiger partial charge in [-0.1, -0.05) is 48.5 Å².